The summed E-state index contributed by atoms with van der Waals surface area (Å²) in [6, 6.07) is 0. The first-order chi connectivity index (χ1) is 9.04. The Labute approximate surface area is 111 Å². The highest BCUT2D eigenvalue weighted by molar-refractivity contribution is 5.17. The molecule has 1 atom stereocenters. The number of rotatable bonds is 3. The van der Waals surface area contributed by atoms with Gasteiger partial charge in [-0.05, 0) is 32.1 Å². The molecule has 0 radical (unpaired) electrons. The Bertz CT molecular complexity index is 420. The van der Waals surface area contributed by atoms with Crippen molar-refractivity contribution in [2.75, 3.05) is 0 Å². The van der Waals surface area contributed by atoms with Gasteiger partial charge < -0.3 is 5.11 Å². The fourth-order valence-corrected chi connectivity index (χ4v) is 2.48. The Morgan fingerprint density at radius 2 is 2.21 bits per heavy atom. The minimum absolute atomic E-state index is 0.183. The van der Waals surface area contributed by atoms with Gasteiger partial charge in [-0.15, -0.1) is 5.10 Å². The summed E-state index contributed by atoms with van der Waals surface area (Å²) in [5, 5.41) is 17.3. The predicted molar refractivity (Wildman–Crippen MR) is 67.0 cm³/mol. The third-order valence-electron chi connectivity index (χ3n) is 3.65. The maximum absolute atomic E-state index is 14.1. The Morgan fingerprint density at radius 1 is 1.42 bits per heavy atom. The van der Waals surface area contributed by atoms with Crippen LogP contribution in [0.5, 0.6) is 0 Å². The zero-order valence-electron chi connectivity index (χ0n) is 11.3. The lowest BCUT2D eigenvalue weighted by molar-refractivity contribution is -0.0221. The lowest BCUT2D eigenvalue weighted by Gasteiger charge is -2.14. The highest BCUT2D eigenvalue weighted by Crippen LogP contribution is 2.36. The van der Waals surface area contributed by atoms with Gasteiger partial charge in [-0.2, -0.15) is 8.78 Å². The Hall–Kier alpha value is -1.04. The van der Waals surface area contributed by atoms with E-state index in [0.717, 1.165) is 12.8 Å². The van der Waals surface area contributed by atoms with Crippen LogP contribution in [0.15, 0.2) is 0 Å². The summed E-state index contributed by atoms with van der Waals surface area (Å²) in [6.45, 7) is 2.66. The number of hydrogen-bond donors (Lipinski definition) is 1. The third kappa shape index (κ3) is 3.29. The van der Waals surface area contributed by atoms with E-state index in [0.29, 0.717) is 37.9 Å². The van der Waals surface area contributed by atoms with Crippen LogP contribution in [-0.2, 0) is 18.9 Å². The standard InChI is InChI=1S/C13H21F2N3O/c1-2-3-9-18-11-7-6-10(19)5-4-8-13(14,15)12(11)16-17-18/h10,19H,2-9H2,1H3. The van der Waals surface area contributed by atoms with Crippen LogP contribution in [0.25, 0.3) is 0 Å². The summed E-state index contributed by atoms with van der Waals surface area (Å²) in [4.78, 5) is 0. The molecule has 108 valence electrons. The minimum atomic E-state index is -2.93. The second-order valence-electron chi connectivity index (χ2n) is 5.25. The van der Waals surface area contributed by atoms with Crippen molar-refractivity contribution in [3.05, 3.63) is 11.4 Å². The normalized spacial score (nSPS) is 23.3. The van der Waals surface area contributed by atoms with E-state index in [2.05, 4.69) is 10.3 Å². The van der Waals surface area contributed by atoms with Crippen molar-refractivity contribution in [1.82, 2.24) is 15.0 Å². The summed E-state index contributed by atoms with van der Waals surface area (Å²) in [7, 11) is 0. The Morgan fingerprint density at radius 3 is 2.95 bits per heavy atom. The molecule has 1 aliphatic rings. The van der Waals surface area contributed by atoms with E-state index in [1.807, 2.05) is 6.92 Å². The van der Waals surface area contributed by atoms with Crippen molar-refractivity contribution in [3.8, 4) is 0 Å². The summed E-state index contributed by atoms with van der Waals surface area (Å²) >= 11 is 0. The lowest BCUT2D eigenvalue weighted by Crippen LogP contribution is -2.17. The van der Waals surface area contributed by atoms with Crippen LogP contribution in [-0.4, -0.2) is 26.2 Å². The number of nitrogens with zero attached hydrogens (tertiary/aromatic N) is 3. The average molecular weight is 273 g/mol. The zero-order chi connectivity index (χ0) is 13.9. The molecular weight excluding hydrogens is 252 g/mol. The van der Waals surface area contributed by atoms with Crippen molar-refractivity contribution >= 4 is 0 Å². The van der Waals surface area contributed by atoms with Gasteiger partial charge in [0.25, 0.3) is 5.92 Å². The predicted octanol–water partition coefficient (Wildman–Crippen LogP) is 2.65. The van der Waals surface area contributed by atoms with Crippen LogP contribution >= 0.6 is 0 Å². The van der Waals surface area contributed by atoms with Crippen molar-refractivity contribution in [2.45, 2.75) is 70.4 Å². The molecule has 0 amide bonds. The SMILES string of the molecule is CCCCn1nnc2c1CCC(O)CCCC2(F)F. The van der Waals surface area contributed by atoms with Gasteiger partial charge in [0.05, 0.1) is 11.8 Å². The highest BCUT2D eigenvalue weighted by atomic mass is 19.3. The average Bonchev–Trinajstić information content (AvgIpc) is 2.77. The molecule has 1 aliphatic carbocycles. The van der Waals surface area contributed by atoms with Gasteiger partial charge in [-0.1, -0.05) is 18.6 Å². The van der Waals surface area contributed by atoms with Crippen molar-refractivity contribution in [3.63, 3.8) is 0 Å². The zero-order valence-corrected chi connectivity index (χ0v) is 11.3. The molecule has 0 saturated carbocycles. The summed E-state index contributed by atoms with van der Waals surface area (Å²) < 4.78 is 29.8. The first-order valence-corrected chi connectivity index (χ1v) is 7.03. The maximum Gasteiger partial charge on any atom is 0.293 e. The summed E-state index contributed by atoms with van der Waals surface area (Å²) in [5.74, 6) is -2.93. The van der Waals surface area contributed by atoms with Gasteiger partial charge in [0.15, 0.2) is 5.69 Å². The van der Waals surface area contributed by atoms with E-state index in [1.165, 1.54) is 0 Å². The van der Waals surface area contributed by atoms with E-state index in [4.69, 9.17) is 0 Å². The maximum atomic E-state index is 14.1. The van der Waals surface area contributed by atoms with Crippen molar-refractivity contribution in [1.29, 1.82) is 0 Å². The van der Waals surface area contributed by atoms with Gasteiger partial charge in [0.1, 0.15) is 0 Å². The van der Waals surface area contributed by atoms with Crippen molar-refractivity contribution in [2.24, 2.45) is 0 Å². The summed E-state index contributed by atoms with van der Waals surface area (Å²) in [6.07, 6.45) is 2.78. The highest BCUT2D eigenvalue weighted by Gasteiger charge is 2.38. The first-order valence-electron chi connectivity index (χ1n) is 7.03. The molecule has 1 aromatic heterocycles. The van der Waals surface area contributed by atoms with Crippen LogP contribution in [0.3, 0.4) is 0 Å². The molecule has 1 aromatic rings. The fraction of sp³-hybridized carbons (Fsp3) is 0.846. The summed E-state index contributed by atoms with van der Waals surface area (Å²) in [5.41, 5.74) is 0.317. The van der Waals surface area contributed by atoms with Gasteiger partial charge in [0, 0.05) is 13.0 Å². The number of unbranched alkanes of at least 4 members (excludes halogenated alkanes) is 1. The van der Waals surface area contributed by atoms with E-state index >= 15 is 0 Å². The molecule has 1 N–H and O–H groups in total. The van der Waals surface area contributed by atoms with E-state index in [9.17, 15) is 13.9 Å². The monoisotopic (exact) mass is 273 g/mol. The van der Waals surface area contributed by atoms with Gasteiger partial charge in [-0.3, -0.25) is 0 Å². The molecule has 0 aliphatic heterocycles. The first kappa shape index (κ1) is 14.4. The van der Waals surface area contributed by atoms with Crippen LogP contribution in [0.2, 0.25) is 0 Å². The topological polar surface area (TPSA) is 50.9 Å². The van der Waals surface area contributed by atoms with Crippen LogP contribution in [0.4, 0.5) is 8.78 Å². The minimum Gasteiger partial charge on any atom is -0.393 e. The number of hydrogen-bond acceptors (Lipinski definition) is 3. The molecule has 0 saturated heterocycles. The third-order valence-corrected chi connectivity index (χ3v) is 3.65. The molecule has 6 heteroatoms. The molecule has 0 aromatic carbocycles. The Kier molecular flexibility index (Phi) is 4.50. The molecule has 1 heterocycles. The van der Waals surface area contributed by atoms with Crippen LogP contribution in [0.1, 0.15) is 56.8 Å². The van der Waals surface area contributed by atoms with Crippen LogP contribution < -0.4 is 0 Å². The largest absolute Gasteiger partial charge is 0.393 e. The molecule has 2 rings (SSSR count). The number of aliphatic hydroxyl groups is 1. The van der Waals surface area contributed by atoms with E-state index in [1.54, 1.807) is 4.68 Å². The smallest absolute Gasteiger partial charge is 0.293 e. The van der Waals surface area contributed by atoms with Gasteiger partial charge in [-0.25, -0.2) is 4.68 Å². The van der Waals surface area contributed by atoms with Crippen molar-refractivity contribution < 1.29 is 13.9 Å². The Balaban J connectivity index is 2.29. The van der Waals surface area contributed by atoms with E-state index in [-0.39, 0.29) is 12.1 Å². The molecule has 0 fully saturated rings. The second kappa shape index (κ2) is 5.94. The number of halogens is 2. The molecule has 0 bridgehead atoms. The second-order valence-corrected chi connectivity index (χ2v) is 5.25. The number of aromatic nitrogens is 3. The number of fused-ring (bicyclic) bond motifs is 1. The van der Waals surface area contributed by atoms with Gasteiger partial charge in [0.2, 0.25) is 0 Å². The quantitative estimate of drug-likeness (QED) is 0.921. The number of aliphatic hydroxyl groups excluding tert-OH is 1. The number of aryl methyl sites for hydroxylation is 1. The molecule has 19 heavy (non-hydrogen) atoms. The molecular formula is C13H21F2N3O. The molecule has 4 nitrogen and oxygen atoms in total. The fourth-order valence-electron chi connectivity index (χ4n) is 2.48. The molecule has 0 spiro atoms. The van der Waals surface area contributed by atoms with E-state index < -0.39 is 12.0 Å². The van der Waals surface area contributed by atoms with Gasteiger partial charge >= 0.3 is 0 Å². The molecule has 1 unspecified atom stereocenters. The number of alkyl halides is 2. The van der Waals surface area contributed by atoms with Crippen LogP contribution in [0, 0.1) is 0 Å². The lowest BCUT2D eigenvalue weighted by atomic mass is 10.1.